The molecular formula is C33H38N2O7. The Hall–Kier alpha value is -4.50. The SMILES string of the molecule is CNC(=O)N(CCc1ccccc1)C(=O)C(CC(C)C)C(O)(C(=O)OCc1ccccc1)C(=O)OCc1ccccc1. The van der Waals surface area contributed by atoms with E-state index in [1.54, 1.807) is 74.5 Å². The van der Waals surface area contributed by atoms with Gasteiger partial charge in [0.2, 0.25) is 5.91 Å². The Morgan fingerprint density at radius 3 is 1.60 bits per heavy atom. The lowest BCUT2D eigenvalue weighted by Gasteiger charge is -2.35. The van der Waals surface area contributed by atoms with Crippen LogP contribution >= 0.6 is 0 Å². The van der Waals surface area contributed by atoms with Crippen molar-refractivity contribution in [3.05, 3.63) is 108 Å². The van der Waals surface area contributed by atoms with Crippen LogP contribution < -0.4 is 5.32 Å². The van der Waals surface area contributed by atoms with Crippen LogP contribution in [0.5, 0.6) is 0 Å². The molecule has 1 unspecified atom stereocenters. The molecule has 1 atom stereocenters. The van der Waals surface area contributed by atoms with Gasteiger partial charge < -0.3 is 19.9 Å². The molecule has 3 aromatic rings. The first-order valence-electron chi connectivity index (χ1n) is 13.9. The number of esters is 2. The van der Waals surface area contributed by atoms with E-state index in [0.29, 0.717) is 17.5 Å². The van der Waals surface area contributed by atoms with Crippen molar-refractivity contribution in [3.63, 3.8) is 0 Å². The van der Waals surface area contributed by atoms with Gasteiger partial charge in [-0.25, -0.2) is 14.4 Å². The number of nitrogens with one attached hydrogen (secondary N) is 1. The van der Waals surface area contributed by atoms with Gasteiger partial charge in [-0.3, -0.25) is 9.69 Å². The number of hydrogen-bond acceptors (Lipinski definition) is 7. The quantitative estimate of drug-likeness (QED) is 0.231. The minimum absolute atomic E-state index is 0.0503. The molecule has 0 spiro atoms. The molecule has 0 saturated heterocycles. The number of carbonyl (C=O) groups is 4. The lowest BCUT2D eigenvalue weighted by Crippen LogP contribution is -2.61. The average Bonchev–Trinajstić information content (AvgIpc) is 3.02. The fraction of sp³-hybridized carbons (Fsp3) is 0.333. The predicted molar refractivity (Wildman–Crippen MR) is 157 cm³/mol. The number of ether oxygens (including phenoxy) is 2. The molecule has 0 saturated carbocycles. The summed E-state index contributed by atoms with van der Waals surface area (Å²) in [4.78, 5) is 55.2. The largest absolute Gasteiger partial charge is 0.458 e. The summed E-state index contributed by atoms with van der Waals surface area (Å²) in [5.41, 5.74) is -0.913. The van der Waals surface area contributed by atoms with E-state index in [1.165, 1.54) is 7.05 Å². The third kappa shape index (κ3) is 8.50. The van der Waals surface area contributed by atoms with E-state index in [2.05, 4.69) is 5.32 Å². The van der Waals surface area contributed by atoms with Gasteiger partial charge in [0.15, 0.2) is 0 Å². The highest BCUT2D eigenvalue weighted by Crippen LogP contribution is 2.31. The van der Waals surface area contributed by atoms with Crippen LogP contribution in [0.2, 0.25) is 0 Å². The standard InChI is InChI=1S/C33H38N2O7/c1-24(2)21-28(29(36)35(32(39)34-3)20-19-25-13-7-4-8-14-25)33(40,30(37)41-22-26-15-9-5-10-16-26)31(38)42-23-27-17-11-6-12-18-27/h4-18,24,28,40H,19-23H2,1-3H3,(H,34,39). The summed E-state index contributed by atoms with van der Waals surface area (Å²) < 4.78 is 10.8. The minimum atomic E-state index is -3.02. The molecule has 3 aromatic carbocycles. The molecule has 0 aliphatic rings. The number of amides is 3. The van der Waals surface area contributed by atoms with Crippen molar-refractivity contribution < 1.29 is 33.8 Å². The smallest absolute Gasteiger partial charge is 0.351 e. The van der Waals surface area contributed by atoms with Gasteiger partial charge in [0.1, 0.15) is 13.2 Å². The summed E-state index contributed by atoms with van der Waals surface area (Å²) in [5, 5.41) is 14.4. The zero-order valence-electron chi connectivity index (χ0n) is 24.2. The Morgan fingerprint density at radius 2 is 1.19 bits per heavy atom. The van der Waals surface area contributed by atoms with E-state index in [9.17, 15) is 24.3 Å². The monoisotopic (exact) mass is 574 g/mol. The number of urea groups is 1. The molecule has 2 N–H and O–H groups in total. The van der Waals surface area contributed by atoms with Crippen molar-refractivity contribution in [1.29, 1.82) is 0 Å². The van der Waals surface area contributed by atoms with Crippen LogP contribution in [-0.2, 0) is 43.5 Å². The molecule has 9 nitrogen and oxygen atoms in total. The van der Waals surface area contributed by atoms with E-state index in [-0.39, 0.29) is 32.1 Å². The molecule has 0 bridgehead atoms. The highest BCUT2D eigenvalue weighted by Gasteiger charge is 2.58. The van der Waals surface area contributed by atoms with Gasteiger partial charge in [-0.2, -0.15) is 0 Å². The molecular weight excluding hydrogens is 536 g/mol. The van der Waals surface area contributed by atoms with Gasteiger partial charge >= 0.3 is 18.0 Å². The Morgan fingerprint density at radius 1 is 0.762 bits per heavy atom. The Bertz CT molecular complexity index is 1260. The van der Waals surface area contributed by atoms with Crippen molar-refractivity contribution in [3.8, 4) is 0 Å². The zero-order chi connectivity index (χ0) is 30.5. The van der Waals surface area contributed by atoms with Gasteiger partial charge in [0, 0.05) is 13.6 Å². The van der Waals surface area contributed by atoms with E-state index >= 15 is 0 Å². The van der Waals surface area contributed by atoms with Crippen molar-refractivity contribution in [2.24, 2.45) is 11.8 Å². The number of carbonyl (C=O) groups excluding carboxylic acids is 4. The predicted octanol–water partition coefficient (Wildman–Crippen LogP) is 4.28. The highest BCUT2D eigenvalue weighted by molar-refractivity contribution is 6.09. The van der Waals surface area contributed by atoms with Crippen molar-refractivity contribution in [1.82, 2.24) is 10.2 Å². The molecule has 0 radical (unpaired) electrons. The van der Waals surface area contributed by atoms with Crippen LogP contribution in [0.1, 0.15) is 37.0 Å². The minimum Gasteiger partial charge on any atom is -0.458 e. The molecule has 9 heteroatoms. The van der Waals surface area contributed by atoms with Crippen LogP contribution in [0.15, 0.2) is 91.0 Å². The number of hydrogen-bond donors (Lipinski definition) is 2. The van der Waals surface area contributed by atoms with E-state index < -0.39 is 35.4 Å². The molecule has 3 amide bonds. The second-order valence-corrected chi connectivity index (χ2v) is 10.4. The molecule has 0 fully saturated rings. The third-order valence-corrected chi connectivity index (χ3v) is 6.75. The molecule has 3 rings (SSSR count). The van der Waals surface area contributed by atoms with Crippen molar-refractivity contribution >= 4 is 23.9 Å². The van der Waals surface area contributed by atoms with Crippen LogP contribution in [-0.4, -0.2) is 53.1 Å². The third-order valence-electron chi connectivity index (χ3n) is 6.75. The van der Waals surface area contributed by atoms with Crippen LogP contribution in [0.3, 0.4) is 0 Å². The first-order valence-corrected chi connectivity index (χ1v) is 13.9. The summed E-state index contributed by atoms with van der Waals surface area (Å²) in [6, 6.07) is 26.0. The lowest BCUT2D eigenvalue weighted by atomic mass is 9.80. The highest BCUT2D eigenvalue weighted by atomic mass is 16.6. The maximum Gasteiger partial charge on any atom is 0.351 e. The number of benzene rings is 3. The Labute approximate surface area is 246 Å². The Kier molecular flexibility index (Phi) is 11.8. The fourth-order valence-corrected chi connectivity index (χ4v) is 4.48. The summed E-state index contributed by atoms with van der Waals surface area (Å²) in [5.74, 6) is -5.48. The van der Waals surface area contributed by atoms with Crippen LogP contribution in [0, 0.1) is 11.8 Å². The molecule has 0 aliphatic heterocycles. The topological polar surface area (TPSA) is 122 Å². The van der Waals surface area contributed by atoms with Gasteiger partial charge in [-0.1, -0.05) is 105 Å². The lowest BCUT2D eigenvalue weighted by molar-refractivity contribution is -0.196. The molecule has 0 aromatic heterocycles. The normalized spacial score (nSPS) is 11.8. The summed E-state index contributed by atoms with van der Waals surface area (Å²) in [6.07, 6.45) is 0.221. The maximum absolute atomic E-state index is 14.1. The van der Waals surface area contributed by atoms with E-state index in [4.69, 9.17) is 9.47 Å². The first-order chi connectivity index (χ1) is 20.2. The van der Waals surface area contributed by atoms with E-state index in [0.717, 1.165) is 10.5 Å². The summed E-state index contributed by atoms with van der Waals surface area (Å²) in [7, 11) is 1.37. The van der Waals surface area contributed by atoms with Crippen molar-refractivity contribution in [2.75, 3.05) is 13.6 Å². The number of rotatable bonds is 13. The van der Waals surface area contributed by atoms with Crippen LogP contribution in [0.25, 0.3) is 0 Å². The molecule has 0 heterocycles. The van der Waals surface area contributed by atoms with Crippen LogP contribution in [0.4, 0.5) is 4.79 Å². The molecule has 0 aliphatic carbocycles. The summed E-state index contributed by atoms with van der Waals surface area (Å²) >= 11 is 0. The second-order valence-electron chi connectivity index (χ2n) is 10.4. The fourth-order valence-electron chi connectivity index (χ4n) is 4.48. The maximum atomic E-state index is 14.1. The van der Waals surface area contributed by atoms with Gasteiger partial charge in [0.05, 0.1) is 5.92 Å². The van der Waals surface area contributed by atoms with Gasteiger partial charge in [0.25, 0.3) is 5.60 Å². The first kappa shape index (κ1) is 32.0. The average molecular weight is 575 g/mol. The van der Waals surface area contributed by atoms with E-state index in [1.807, 2.05) is 30.3 Å². The molecule has 222 valence electrons. The number of nitrogens with zero attached hydrogens (tertiary/aromatic N) is 1. The number of imide groups is 1. The van der Waals surface area contributed by atoms with Gasteiger partial charge in [-0.15, -0.1) is 0 Å². The summed E-state index contributed by atoms with van der Waals surface area (Å²) in [6.45, 7) is 3.01. The molecule has 42 heavy (non-hydrogen) atoms. The second kappa shape index (κ2) is 15.5. The van der Waals surface area contributed by atoms with Gasteiger partial charge in [-0.05, 0) is 35.4 Å². The van der Waals surface area contributed by atoms with Crippen molar-refractivity contribution in [2.45, 2.75) is 45.5 Å². The number of aliphatic hydroxyl groups is 1. The Balaban J connectivity index is 1.97. The zero-order valence-corrected chi connectivity index (χ0v) is 24.2.